The summed E-state index contributed by atoms with van der Waals surface area (Å²) in [4.78, 5) is 27.2. The molecule has 0 bridgehead atoms. The fraction of sp³-hybridized carbons (Fsp3) is 0.278. The van der Waals surface area contributed by atoms with E-state index in [0.29, 0.717) is 6.54 Å². The van der Waals surface area contributed by atoms with Crippen LogP contribution >= 0.6 is 0 Å². The van der Waals surface area contributed by atoms with Gasteiger partial charge in [0.2, 0.25) is 0 Å². The molecule has 1 aliphatic heterocycles. The fourth-order valence-corrected chi connectivity index (χ4v) is 5.92. The number of hydrogen-bond donors (Lipinski definition) is 1. The Kier molecular flexibility index (Phi) is 10.1. The molecule has 0 radical (unpaired) electrons. The van der Waals surface area contributed by atoms with Crippen LogP contribution in [0.3, 0.4) is 0 Å². The van der Waals surface area contributed by atoms with Crippen molar-refractivity contribution in [2.75, 3.05) is 26.2 Å². The van der Waals surface area contributed by atoms with Crippen molar-refractivity contribution in [1.82, 2.24) is 15.3 Å². The summed E-state index contributed by atoms with van der Waals surface area (Å²) < 4.78 is 5.57. The Balaban J connectivity index is 1.35. The summed E-state index contributed by atoms with van der Waals surface area (Å²) in [6, 6.07) is 39.2. The van der Waals surface area contributed by atoms with Gasteiger partial charge >= 0.3 is 6.09 Å². The van der Waals surface area contributed by atoms with E-state index in [1.807, 2.05) is 42.5 Å². The highest BCUT2D eigenvalue weighted by Crippen LogP contribution is 2.37. The summed E-state index contributed by atoms with van der Waals surface area (Å²) in [6.45, 7) is 3.46. The second-order valence-electron chi connectivity index (χ2n) is 10.9. The molecule has 0 fully saturated rings. The summed E-state index contributed by atoms with van der Waals surface area (Å²) in [6.07, 6.45) is 3.05. The zero-order valence-corrected chi connectivity index (χ0v) is 24.0. The molecule has 0 unspecified atom stereocenters. The Bertz CT molecular complexity index is 1370. The van der Waals surface area contributed by atoms with E-state index < -0.39 is 11.5 Å². The van der Waals surface area contributed by atoms with Crippen molar-refractivity contribution in [1.29, 1.82) is 0 Å². The SMILES string of the molecule is O=CCN(NCC(CCCN1CCc2ccccc2C1)(c1ccccc1)c1ccccc1)C(=O)OCc1ccccc1. The van der Waals surface area contributed by atoms with Crippen LogP contribution in [0.2, 0.25) is 0 Å². The van der Waals surface area contributed by atoms with Crippen LogP contribution in [-0.2, 0) is 34.5 Å². The van der Waals surface area contributed by atoms with Gasteiger partial charge in [0.15, 0.2) is 0 Å². The van der Waals surface area contributed by atoms with E-state index in [1.165, 1.54) is 16.1 Å². The van der Waals surface area contributed by atoms with E-state index in [1.54, 1.807) is 0 Å². The molecule has 0 aromatic heterocycles. The molecular formula is C36H39N3O3. The quantitative estimate of drug-likeness (QED) is 0.157. The summed E-state index contributed by atoms with van der Waals surface area (Å²) in [5.74, 6) is 0. The van der Waals surface area contributed by atoms with Gasteiger partial charge in [-0.1, -0.05) is 115 Å². The molecule has 0 saturated carbocycles. The van der Waals surface area contributed by atoms with E-state index in [0.717, 1.165) is 61.9 Å². The van der Waals surface area contributed by atoms with Crippen molar-refractivity contribution in [3.05, 3.63) is 143 Å². The van der Waals surface area contributed by atoms with Gasteiger partial charge in [0.25, 0.3) is 0 Å². The van der Waals surface area contributed by atoms with Gasteiger partial charge in [-0.05, 0) is 53.6 Å². The van der Waals surface area contributed by atoms with Crippen LogP contribution in [0, 0.1) is 0 Å². The van der Waals surface area contributed by atoms with Crippen LogP contribution in [0.15, 0.2) is 115 Å². The molecule has 1 heterocycles. The molecule has 6 nitrogen and oxygen atoms in total. The number of nitrogens with zero attached hydrogens (tertiary/aromatic N) is 2. The second-order valence-corrected chi connectivity index (χ2v) is 10.9. The molecule has 0 spiro atoms. The number of nitrogens with one attached hydrogen (secondary N) is 1. The van der Waals surface area contributed by atoms with Crippen LogP contribution in [0.25, 0.3) is 0 Å². The summed E-state index contributed by atoms with van der Waals surface area (Å²) >= 11 is 0. The maximum absolute atomic E-state index is 13.1. The molecule has 1 aliphatic rings. The van der Waals surface area contributed by atoms with Gasteiger partial charge in [-0.2, -0.15) is 0 Å². The summed E-state index contributed by atoms with van der Waals surface area (Å²) in [5, 5.41) is 1.29. The molecule has 6 heteroatoms. The van der Waals surface area contributed by atoms with Crippen LogP contribution in [0.5, 0.6) is 0 Å². The summed E-state index contributed by atoms with van der Waals surface area (Å²) in [5.41, 5.74) is 8.96. The van der Waals surface area contributed by atoms with Gasteiger partial charge < -0.3 is 9.53 Å². The third-order valence-electron chi connectivity index (χ3n) is 8.19. The van der Waals surface area contributed by atoms with Crippen LogP contribution in [-0.4, -0.2) is 48.5 Å². The van der Waals surface area contributed by atoms with Crippen molar-refractivity contribution in [3.8, 4) is 0 Å². The average Bonchev–Trinajstić information content (AvgIpc) is 3.06. The highest BCUT2D eigenvalue weighted by molar-refractivity contribution is 5.70. The predicted molar refractivity (Wildman–Crippen MR) is 166 cm³/mol. The molecule has 1 amide bonds. The van der Waals surface area contributed by atoms with Crippen molar-refractivity contribution < 1.29 is 14.3 Å². The maximum atomic E-state index is 13.1. The Labute approximate surface area is 248 Å². The lowest BCUT2D eigenvalue weighted by atomic mass is 9.71. The number of ether oxygens (including phenoxy) is 1. The highest BCUT2D eigenvalue weighted by atomic mass is 16.6. The van der Waals surface area contributed by atoms with E-state index in [-0.39, 0.29) is 13.2 Å². The highest BCUT2D eigenvalue weighted by Gasteiger charge is 2.35. The van der Waals surface area contributed by atoms with Crippen molar-refractivity contribution in [2.45, 2.75) is 37.8 Å². The topological polar surface area (TPSA) is 61.9 Å². The molecule has 5 rings (SSSR count). The first-order valence-corrected chi connectivity index (χ1v) is 14.7. The standard InChI is InChI=1S/C36H39N3O3/c40-26-25-39(35(41)42-28-30-13-4-1-5-14-30)37-29-36(33-17-6-2-7-18-33,34-19-8-3-9-20-34)22-12-23-38-24-21-31-15-10-11-16-32(31)27-38/h1-11,13-20,26,37H,12,21-25,27-29H2. The van der Waals surface area contributed by atoms with E-state index >= 15 is 0 Å². The lowest BCUT2D eigenvalue weighted by molar-refractivity contribution is -0.109. The molecule has 1 N–H and O–H groups in total. The van der Waals surface area contributed by atoms with Crippen molar-refractivity contribution in [2.24, 2.45) is 0 Å². The average molecular weight is 562 g/mol. The molecule has 4 aromatic carbocycles. The van der Waals surface area contributed by atoms with Gasteiger partial charge in [0, 0.05) is 25.0 Å². The van der Waals surface area contributed by atoms with Gasteiger partial charge in [-0.3, -0.25) is 4.90 Å². The normalized spacial score (nSPS) is 13.2. The second kappa shape index (κ2) is 14.6. The number of hydrogen-bond acceptors (Lipinski definition) is 5. The Morgan fingerprint density at radius 1 is 0.833 bits per heavy atom. The number of carbonyl (C=O) groups excluding carboxylic acids is 2. The lowest BCUT2D eigenvalue weighted by Crippen LogP contribution is -2.50. The molecular weight excluding hydrogens is 522 g/mol. The largest absolute Gasteiger partial charge is 0.444 e. The fourth-order valence-electron chi connectivity index (χ4n) is 5.92. The maximum Gasteiger partial charge on any atom is 0.424 e. The number of amides is 1. The monoisotopic (exact) mass is 561 g/mol. The minimum absolute atomic E-state index is 0.111. The predicted octanol–water partition coefficient (Wildman–Crippen LogP) is 6.15. The zero-order chi connectivity index (χ0) is 29.0. The number of hydrazine groups is 1. The van der Waals surface area contributed by atoms with E-state index in [9.17, 15) is 9.59 Å². The minimum Gasteiger partial charge on any atom is -0.444 e. The number of rotatable bonds is 13. The zero-order valence-electron chi connectivity index (χ0n) is 24.0. The third-order valence-corrected chi connectivity index (χ3v) is 8.19. The number of fused-ring (bicyclic) bond motifs is 1. The molecule has 4 aromatic rings. The molecule has 0 saturated heterocycles. The van der Waals surface area contributed by atoms with Crippen molar-refractivity contribution in [3.63, 3.8) is 0 Å². The Morgan fingerprint density at radius 2 is 1.43 bits per heavy atom. The lowest BCUT2D eigenvalue weighted by Gasteiger charge is -2.38. The smallest absolute Gasteiger partial charge is 0.424 e. The molecule has 0 aliphatic carbocycles. The van der Waals surface area contributed by atoms with Gasteiger partial charge in [0.1, 0.15) is 12.9 Å². The van der Waals surface area contributed by atoms with Gasteiger partial charge in [-0.25, -0.2) is 15.2 Å². The number of aldehydes is 1. The molecule has 216 valence electrons. The Morgan fingerprint density at radius 3 is 2.07 bits per heavy atom. The molecule has 0 atom stereocenters. The Hall–Kier alpha value is -4.26. The summed E-state index contributed by atoms with van der Waals surface area (Å²) in [7, 11) is 0. The van der Waals surface area contributed by atoms with E-state index in [4.69, 9.17) is 4.74 Å². The minimum atomic E-state index is -0.576. The molecule has 42 heavy (non-hydrogen) atoms. The van der Waals surface area contributed by atoms with Crippen LogP contribution < -0.4 is 5.43 Å². The first-order valence-electron chi connectivity index (χ1n) is 14.7. The van der Waals surface area contributed by atoms with Gasteiger partial charge in [-0.15, -0.1) is 0 Å². The van der Waals surface area contributed by atoms with Crippen LogP contribution in [0.4, 0.5) is 4.79 Å². The van der Waals surface area contributed by atoms with Crippen molar-refractivity contribution >= 4 is 12.4 Å². The van der Waals surface area contributed by atoms with E-state index in [2.05, 4.69) is 83.1 Å². The van der Waals surface area contributed by atoms with Gasteiger partial charge in [0.05, 0.1) is 6.54 Å². The number of carbonyl (C=O) groups is 2. The first kappa shape index (κ1) is 29.2. The third kappa shape index (κ3) is 7.32. The first-order chi connectivity index (χ1) is 20.7. The van der Waals surface area contributed by atoms with Crippen LogP contribution in [0.1, 0.15) is 40.7 Å². The number of benzene rings is 4.